The highest BCUT2D eigenvalue weighted by Crippen LogP contribution is 2.20. The zero-order valence-corrected chi connectivity index (χ0v) is 10.5. The molecule has 94 valence electrons. The maximum absolute atomic E-state index is 11.0. The van der Waals surface area contributed by atoms with Crippen molar-refractivity contribution in [3.63, 3.8) is 0 Å². The van der Waals surface area contributed by atoms with Crippen LogP contribution in [0.4, 0.5) is 0 Å². The van der Waals surface area contributed by atoms with Crippen LogP contribution in [0, 0.1) is 11.3 Å². The molecule has 0 unspecified atom stereocenters. The van der Waals surface area contributed by atoms with Crippen LogP contribution in [-0.2, 0) is 9.53 Å². The molecule has 16 heavy (non-hydrogen) atoms. The summed E-state index contributed by atoms with van der Waals surface area (Å²) in [5, 5.41) is 9.05. The van der Waals surface area contributed by atoms with Crippen LogP contribution in [0.15, 0.2) is 0 Å². The Morgan fingerprint density at radius 2 is 2.00 bits per heavy atom. The number of hydrogen-bond donors (Lipinski definition) is 1. The normalized spacial score (nSPS) is 19.0. The van der Waals surface area contributed by atoms with Crippen LogP contribution in [0.3, 0.4) is 0 Å². The quantitative estimate of drug-likeness (QED) is 0.775. The molecule has 0 amide bonds. The van der Waals surface area contributed by atoms with Crippen molar-refractivity contribution in [3.05, 3.63) is 0 Å². The lowest BCUT2D eigenvalue weighted by Gasteiger charge is -2.31. The summed E-state index contributed by atoms with van der Waals surface area (Å²) in [6, 6.07) is 0. The zero-order chi connectivity index (χ0) is 12.2. The van der Waals surface area contributed by atoms with Gasteiger partial charge >= 0.3 is 5.97 Å². The standard InChI is InChI=1S/C12H23NO3/c1-12(2,11(14)15)9-13(3)8-10-4-6-16-7-5-10/h10H,4-9H2,1-3H3,(H,14,15). The maximum Gasteiger partial charge on any atom is 0.310 e. The van der Waals surface area contributed by atoms with E-state index in [0.717, 1.165) is 32.6 Å². The Morgan fingerprint density at radius 1 is 1.44 bits per heavy atom. The van der Waals surface area contributed by atoms with Gasteiger partial charge in [0.1, 0.15) is 0 Å². The van der Waals surface area contributed by atoms with Gasteiger partial charge in [0.05, 0.1) is 5.41 Å². The van der Waals surface area contributed by atoms with Crippen molar-refractivity contribution in [2.24, 2.45) is 11.3 Å². The molecule has 0 saturated carbocycles. The first-order valence-corrected chi connectivity index (χ1v) is 5.91. The molecule has 0 aromatic heterocycles. The van der Waals surface area contributed by atoms with Gasteiger partial charge in [0, 0.05) is 26.3 Å². The summed E-state index contributed by atoms with van der Waals surface area (Å²) < 4.78 is 5.31. The van der Waals surface area contributed by atoms with Crippen LogP contribution in [0.2, 0.25) is 0 Å². The van der Waals surface area contributed by atoms with Gasteiger partial charge in [-0.2, -0.15) is 0 Å². The van der Waals surface area contributed by atoms with Gasteiger partial charge in [0.2, 0.25) is 0 Å². The Labute approximate surface area is 97.6 Å². The topological polar surface area (TPSA) is 49.8 Å². The SMILES string of the molecule is CN(CC1CCOCC1)CC(C)(C)C(=O)O. The van der Waals surface area contributed by atoms with Crippen LogP contribution in [0.1, 0.15) is 26.7 Å². The van der Waals surface area contributed by atoms with Crippen molar-refractivity contribution < 1.29 is 14.6 Å². The number of carboxylic acids is 1. The summed E-state index contributed by atoms with van der Waals surface area (Å²) in [6.45, 7) is 6.81. The summed E-state index contributed by atoms with van der Waals surface area (Å²) in [6.07, 6.45) is 2.19. The molecule has 4 nitrogen and oxygen atoms in total. The van der Waals surface area contributed by atoms with Crippen molar-refractivity contribution in [2.45, 2.75) is 26.7 Å². The molecule has 4 heteroatoms. The fourth-order valence-corrected chi connectivity index (χ4v) is 2.18. The summed E-state index contributed by atoms with van der Waals surface area (Å²) in [7, 11) is 2.00. The van der Waals surface area contributed by atoms with Crippen molar-refractivity contribution in [2.75, 3.05) is 33.4 Å². The van der Waals surface area contributed by atoms with Crippen LogP contribution >= 0.6 is 0 Å². The molecule has 1 fully saturated rings. The minimum absolute atomic E-state index is 0.597. The minimum atomic E-state index is -0.730. The average Bonchev–Trinajstić information content (AvgIpc) is 2.17. The van der Waals surface area contributed by atoms with Crippen molar-refractivity contribution in [3.8, 4) is 0 Å². The van der Waals surface area contributed by atoms with Crippen LogP contribution in [0.25, 0.3) is 0 Å². The predicted octanol–water partition coefficient (Wildman–Crippen LogP) is 1.46. The first-order valence-electron chi connectivity index (χ1n) is 5.91. The van der Waals surface area contributed by atoms with E-state index in [4.69, 9.17) is 9.84 Å². The van der Waals surface area contributed by atoms with E-state index < -0.39 is 11.4 Å². The number of aliphatic carboxylic acids is 1. The monoisotopic (exact) mass is 229 g/mol. The van der Waals surface area contributed by atoms with Gasteiger partial charge in [0.15, 0.2) is 0 Å². The summed E-state index contributed by atoms with van der Waals surface area (Å²) in [4.78, 5) is 13.1. The highest BCUT2D eigenvalue weighted by atomic mass is 16.5. The molecule has 1 aliphatic heterocycles. The summed E-state index contributed by atoms with van der Waals surface area (Å²) >= 11 is 0. The molecule has 1 N–H and O–H groups in total. The lowest BCUT2D eigenvalue weighted by atomic mass is 9.92. The predicted molar refractivity (Wildman–Crippen MR) is 62.5 cm³/mol. The molecule has 0 aromatic carbocycles. The maximum atomic E-state index is 11.0. The summed E-state index contributed by atoms with van der Waals surface area (Å²) in [5.41, 5.74) is -0.667. The number of ether oxygens (including phenoxy) is 1. The van der Waals surface area contributed by atoms with E-state index in [-0.39, 0.29) is 0 Å². The molecule has 1 heterocycles. The molecule has 0 aliphatic carbocycles. The fraction of sp³-hybridized carbons (Fsp3) is 0.917. The lowest BCUT2D eigenvalue weighted by Crippen LogP contribution is -2.40. The second-order valence-electron chi connectivity index (χ2n) is 5.44. The van der Waals surface area contributed by atoms with Gasteiger partial charge < -0.3 is 14.7 Å². The van der Waals surface area contributed by atoms with E-state index in [1.165, 1.54) is 0 Å². The third-order valence-corrected chi connectivity index (χ3v) is 3.15. The molecule has 1 rings (SSSR count). The Hall–Kier alpha value is -0.610. The molecule has 1 aliphatic rings. The number of hydrogen-bond acceptors (Lipinski definition) is 3. The van der Waals surface area contributed by atoms with Crippen molar-refractivity contribution in [1.82, 2.24) is 4.90 Å². The molecular weight excluding hydrogens is 206 g/mol. The Bertz CT molecular complexity index is 234. The van der Waals surface area contributed by atoms with E-state index in [1.54, 1.807) is 13.8 Å². The zero-order valence-electron chi connectivity index (χ0n) is 10.5. The fourth-order valence-electron chi connectivity index (χ4n) is 2.18. The van der Waals surface area contributed by atoms with Gasteiger partial charge in [-0.05, 0) is 39.7 Å². The molecule has 0 radical (unpaired) electrons. The van der Waals surface area contributed by atoms with Gasteiger partial charge in [-0.25, -0.2) is 0 Å². The van der Waals surface area contributed by atoms with E-state index in [1.807, 2.05) is 7.05 Å². The highest BCUT2D eigenvalue weighted by molar-refractivity contribution is 5.73. The first-order chi connectivity index (χ1) is 7.42. The number of nitrogens with zero attached hydrogens (tertiary/aromatic N) is 1. The third kappa shape index (κ3) is 4.10. The average molecular weight is 229 g/mol. The van der Waals surface area contributed by atoms with Gasteiger partial charge in [-0.1, -0.05) is 0 Å². The van der Waals surface area contributed by atoms with Gasteiger partial charge in [-0.15, -0.1) is 0 Å². The molecular formula is C12H23NO3. The molecule has 0 atom stereocenters. The van der Waals surface area contributed by atoms with Crippen molar-refractivity contribution >= 4 is 5.97 Å². The van der Waals surface area contributed by atoms with Crippen molar-refractivity contribution in [1.29, 1.82) is 0 Å². The van der Waals surface area contributed by atoms with E-state index in [9.17, 15) is 4.79 Å². The van der Waals surface area contributed by atoms with Crippen LogP contribution in [0.5, 0.6) is 0 Å². The van der Waals surface area contributed by atoms with E-state index in [2.05, 4.69) is 4.90 Å². The van der Waals surface area contributed by atoms with Crippen LogP contribution in [-0.4, -0.2) is 49.3 Å². The van der Waals surface area contributed by atoms with Gasteiger partial charge in [-0.3, -0.25) is 4.79 Å². The third-order valence-electron chi connectivity index (χ3n) is 3.15. The number of carboxylic acid groups (broad SMARTS) is 1. The highest BCUT2D eigenvalue weighted by Gasteiger charge is 2.29. The Balaban J connectivity index is 2.34. The van der Waals surface area contributed by atoms with Gasteiger partial charge in [0.25, 0.3) is 0 Å². The van der Waals surface area contributed by atoms with Crippen LogP contribution < -0.4 is 0 Å². The molecule has 1 saturated heterocycles. The second kappa shape index (κ2) is 5.64. The lowest BCUT2D eigenvalue weighted by molar-refractivity contribution is -0.147. The molecule has 0 spiro atoms. The number of rotatable bonds is 5. The molecule has 0 aromatic rings. The van der Waals surface area contributed by atoms with E-state index >= 15 is 0 Å². The molecule has 0 bridgehead atoms. The minimum Gasteiger partial charge on any atom is -0.481 e. The Morgan fingerprint density at radius 3 is 2.50 bits per heavy atom. The Kier molecular flexibility index (Phi) is 4.74. The smallest absolute Gasteiger partial charge is 0.310 e. The second-order valence-corrected chi connectivity index (χ2v) is 5.44. The van der Waals surface area contributed by atoms with E-state index in [0.29, 0.717) is 12.5 Å². The first kappa shape index (κ1) is 13.5. The largest absolute Gasteiger partial charge is 0.481 e. The number of carbonyl (C=O) groups is 1. The summed E-state index contributed by atoms with van der Waals surface area (Å²) in [5.74, 6) is -0.0744.